The number of carbonyl (C=O) groups excluding carboxylic acids is 1. The number of carboxylic acid groups (broad SMARTS) is 2. The van der Waals surface area contributed by atoms with E-state index < -0.39 is 56.1 Å². The average molecular weight is 801 g/mol. The van der Waals surface area contributed by atoms with Gasteiger partial charge in [-0.05, 0) is 89.5 Å². The number of hydrogen-bond donors (Lipinski definition) is 3. The standard InChI is InChI=1S/C43H32N2O14/c1-43(2,26-5-13-31(14-6-26)56-30-11-3-25(4-12-30)39(59-55)37-23-28(44(51)52)9-21-35(37)40(46)47)27-7-15-32(16-8-27)57-33-17-19-34(20-18-33)58-42(50)38-24-29(45(53)54)10-22-36(38)41(48)49/h3-24,39,55H,1-2H3,(H,46,47)(H,48,49). The second-order valence-electron chi connectivity index (χ2n) is 13.4. The first-order valence-corrected chi connectivity index (χ1v) is 17.5. The van der Waals surface area contributed by atoms with Crippen LogP contribution in [0.2, 0.25) is 0 Å². The Hall–Kier alpha value is -7.95. The van der Waals surface area contributed by atoms with Crippen molar-refractivity contribution in [1.82, 2.24) is 0 Å². The summed E-state index contributed by atoms with van der Waals surface area (Å²) in [6.45, 7) is 4.11. The third-order valence-electron chi connectivity index (χ3n) is 9.37. The lowest BCUT2D eigenvalue weighted by atomic mass is 9.78. The van der Waals surface area contributed by atoms with Gasteiger partial charge in [-0.15, -0.1) is 0 Å². The number of aromatic carboxylic acids is 2. The average Bonchev–Trinajstić information content (AvgIpc) is 3.22. The van der Waals surface area contributed by atoms with Crippen LogP contribution in [0.3, 0.4) is 0 Å². The Bertz CT molecular complexity index is 2550. The molecule has 0 amide bonds. The zero-order valence-electron chi connectivity index (χ0n) is 31.0. The van der Waals surface area contributed by atoms with Gasteiger partial charge in [-0.25, -0.2) is 19.3 Å². The van der Waals surface area contributed by atoms with E-state index in [0.29, 0.717) is 28.6 Å². The Kier molecular flexibility index (Phi) is 11.8. The van der Waals surface area contributed by atoms with E-state index >= 15 is 0 Å². The van der Waals surface area contributed by atoms with E-state index in [2.05, 4.69) is 18.7 Å². The number of nitro benzene ring substituents is 2. The van der Waals surface area contributed by atoms with Crippen molar-refractivity contribution in [3.8, 4) is 28.7 Å². The minimum absolute atomic E-state index is 0.0657. The third kappa shape index (κ3) is 9.20. The summed E-state index contributed by atoms with van der Waals surface area (Å²) in [6, 6.07) is 33.1. The van der Waals surface area contributed by atoms with E-state index in [1.165, 1.54) is 12.1 Å². The third-order valence-corrected chi connectivity index (χ3v) is 9.37. The molecule has 0 aliphatic rings. The number of nitro groups is 2. The Balaban J connectivity index is 1.07. The molecule has 0 spiro atoms. The summed E-state index contributed by atoms with van der Waals surface area (Å²) in [5, 5.41) is 51.2. The number of rotatable bonds is 15. The monoisotopic (exact) mass is 800 g/mol. The second-order valence-corrected chi connectivity index (χ2v) is 13.4. The molecule has 0 saturated heterocycles. The van der Waals surface area contributed by atoms with E-state index in [9.17, 15) is 50.1 Å². The van der Waals surface area contributed by atoms with Crippen molar-refractivity contribution < 1.29 is 58.8 Å². The zero-order chi connectivity index (χ0) is 42.4. The summed E-state index contributed by atoms with van der Waals surface area (Å²) >= 11 is 0. The molecule has 16 heteroatoms. The molecule has 16 nitrogen and oxygen atoms in total. The Morgan fingerprint density at radius 2 is 0.966 bits per heavy atom. The fourth-order valence-corrected chi connectivity index (χ4v) is 6.14. The van der Waals surface area contributed by atoms with Crippen LogP contribution in [0.4, 0.5) is 11.4 Å². The molecular formula is C43H32N2O14. The Morgan fingerprint density at radius 3 is 1.41 bits per heavy atom. The Morgan fingerprint density at radius 1 is 0.559 bits per heavy atom. The molecule has 3 N–H and O–H groups in total. The van der Waals surface area contributed by atoms with Gasteiger partial charge in [-0.1, -0.05) is 50.2 Å². The van der Waals surface area contributed by atoms with Crippen molar-refractivity contribution in [2.24, 2.45) is 0 Å². The van der Waals surface area contributed by atoms with Gasteiger partial charge in [0.2, 0.25) is 0 Å². The van der Waals surface area contributed by atoms with Gasteiger partial charge in [0.15, 0.2) is 0 Å². The molecule has 0 radical (unpaired) electrons. The van der Waals surface area contributed by atoms with Gasteiger partial charge in [0.1, 0.15) is 34.9 Å². The summed E-state index contributed by atoms with van der Waals surface area (Å²) in [5.41, 5.74) is -0.233. The minimum Gasteiger partial charge on any atom is -0.478 e. The molecule has 0 heterocycles. The number of benzene rings is 6. The quantitative estimate of drug-likeness (QED) is 0.0288. The van der Waals surface area contributed by atoms with Crippen LogP contribution in [0, 0.1) is 20.2 Å². The summed E-state index contributed by atoms with van der Waals surface area (Å²) in [7, 11) is 0. The predicted octanol–water partition coefficient (Wildman–Crippen LogP) is 9.61. The van der Waals surface area contributed by atoms with Crippen molar-refractivity contribution in [1.29, 1.82) is 0 Å². The predicted molar refractivity (Wildman–Crippen MR) is 209 cm³/mol. The van der Waals surface area contributed by atoms with Gasteiger partial charge in [0.25, 0.3) is 11.4 Å². The SMILES string of the molecule is CC(C)(c1ccc(Oc2ccc(OC(=O)c3cc([N+](=O)[O-])ccc3C(=O)O)cc2)cc1)c1ccc(Oc2ccc(C(OO)c3cc([N+](=O)[O-])ccc3C(=O)O)cc2)cc1. The van der Waals surface area contributed by atoms with Gasteiger partial charge in [-0.2, -0.15) is 0 Å². The lowest BCUT2D eigenvalue weighted by Crippen LogP contribution is -2.18. The van der Waals surface area contributed by atoms with Crippen LogP contribution in [-0.4, -0.2) is 43.2 Å². The molecule has 59 heavy (non-hydrogen) atoms. The summed E-state index contributed by atoms with van der Waals surface area (Å²) in [6.07, 6.45) is -1.32. The molecule has 1 atom stereocenters. The second kappa shape index (κ2) is 17.0. The van der Waals surface area contributed by atoms with Gasteiger partial charge in [-0.3, -0.25) is 25.5 Å². The highest BCUT2D eigenvalue weighted by Gasteiger charge is 2.27. The van der Waals surface area contributed by atoms with Crippen molar-refractivity contribution >= 4 is 29.3 Å². The molecule has 6 aromatic carbocycles. The maximum Gasteiger partial charge on any atom is 0.344 e. The van der Waals surface area contributed by atoms with E-state index in [1.807, 2.05) is 24.3 Å². The first-order chi connectivity index (χ1) is 28.1. The van der Waals surface area contributed by atoms with Crippen LogP contribution in [0.1, 0.15) is 73.3 Å². The van der Waals surface area contributed by atoms with E-state index in [-0.39, 0.29) is 22.6 Å². The number of nitrogens with zero attached hydrogens (tertiary/aromatic N) is 2. The molecule has 0 aliphatic carbocycles. The molecule has 298 valence electrons. The fourth-order valence-electron chi connectivity index (χ4n) is 6.14. The number of non-ortho nitro benzene ring substituents is 2. The molecule has 6 aromatic rings. The molecule has 0 aromatic heterocycles. The van der Waals surface area contributed by atoms with Crippen molar-refractivity contribution in [3.63, 3.8) is 0 Å². The lowest BCUT2D eigenvalue weighted by Gasteiger charge is -2.26. The van der Waals surface area contributed by atoms with Crippen LogP contribution in [0.5, 0.6) is 28.7 Å². The van der Waals surface area contributed by atoms with Crippen LogP contribution in [0.15, 0.2) is 133 Å². The normalized spacial score (nSPS) is 11.6. The first-order valence-electron chi connectivity index (χ1n) is 17.5. The highest BCUT2D eigenvalue weighted by Crippen LogP contribution is 2.36. The van der Waals surface area contributed by atoms with Crippen LogP contribution < -0.4 is 14.2 Å². The molecule has 0 bridgehead atoms. The number of esters is 1. The first kappa shape index (κ1) is 40.7. The van der Waals surface area contributed by atoms with Crippen molar-refractivity contribution in [3.05, 3.63) is 193 Å². The van der Waals surface area contributed by atoms with E-state index in [4.69, 9.17) is 14.2 Å². The van der Waals surface area contributed by atoms with Gasteiger partial charge in [0, 0.05) is 35.2 Å². The molecule has 0 saturated carbocycles. The summed E-state index contributed by atoms with van der Waals surface area (Å²) < 4.78 is 17.3. The number of carboxylic acids is 2. The number of ether oxygens (including phenoxy) is 3. The number of hydrogen-bond acceptors (Lipinski definition) is 12. The fraction of sp³-hybridized carbons (Fsp3) is 0.0930. The maximum atomic E-state index is 12.7. The molecule has 0 fully saturated rings. The molecule has 0 aliphatic heterocycles. The van der Waals surface area contributed by atoms with Crippen LogP contribution >= 0.6 is 0 Å². The van der Waals surface area contributed by atoms with Crippen LogP contribution in [-0.2, 0) is 10.3 Å². The number of carbonyl (C=O) groups is 3. The van der Waals surface area contributed by atoms with Gasteiger partial charge >= 0.3 is 17.9 Å². The highest BCUT2D eigenvalue weighted by molar-refractivity contribution is 6.03. The minimum atomic E-state index is -1.44. The lowest BCUT2D eigenvalue weighted by molar-refractivity contribution is -0.385. The van der Waals surface area contributed by atoms with Crippen LogP contribution in [0.25, 0.3) is 0 Å². The highest BCUT2D eigenvalue weighted by atomic mass is 17.1. The molecule has 6 rings (SSSR count). The maximum absolute atomic E-state index is 12.7. The van der Waals surface area contributed by atoms with Gasteiger partial charge < -0.3 is 24.4 Å². The summed E-state index contributed by atoms with van der Waals surface area (Å²) in [4.78, 5) is 61.7. The largest absolute Gasteiger partial charge is 0.478 e. The van der Waals surface area contributed by atoms with Gasteiger partial charge in [0.05, 0.1) is 26.5 Å². The zero-order valence-corrected chi connectivity index (χ0v) is 31.0. The smallest absolute Gasteiger partial charge is 0.344 e. The van der Waals surface area contributed by atoms with E-state index in [1.54, 1.807) is 60.7 Å². The molecular weight excluding hydrogens is 768 g/mol. The van der Waals surface area contributed by atoms with Crippen molar-refractivity contribution in [2.75, 3.05) is 0 Å². The Labute approximate surface area is 334 Å². The van der Waals surface area contributed by atoms with E-state index in [0.717, 1.165) is 47.5 Å². The summed E-state index contributed by atoms with van der Waals surface area (Å²) in [5.74, 6) is -1.89. The molecule has 1 unspecified atom stereocenters. The topological polar surface area (TPSA) is 235 Å². The van der Waals surface area contributed by atoms with Crippen molar-refractivity contribution in [2.45, 2.75) is 25.4 Å².